The topological polar surface area (TPSA) is 0 Å². The van der Waals surface area contributed by atoms with Crippen molar-refractivity contribution < 1.29 is 0 Å². The SMILES string of the molecule is CC1=CC(C)C(Cc2ccccc2)=CC1. The van der Waals surface area contributed by atoms with Crippen molar-refractivity contribution in [2.24, 2.45) is 5.92 Å². The quantitative estimate of drug-likeness (QED) is 0.626. The third kappa shape index (κ3) is 2.59. The van der Waals surface area contributed by atoms with Gasteiger partial charge in [-0.2, -0.15) is 0 Å². The molecule has 0 amide bonds. The fourth-order valence-corrected chi connectivity index (χ4v) is 2.14. The molecule has 0 saturated carbocycles. The van der Waals surface area contributed by atoms with Crippen LogP contribution in [0.15, 0.2) is 53.6 Å². The van der Waals surface area contributed by atoms with Crippen molar-refractivity contribution >= 4 is 0 Å². The molecule has 0 heterocycles. The molecule has 0 radical (unpaired) electrons. The van der Waals surface area contributed by atoms with Crippen molar-refractivity contribution in [3.63, 3.8) is 0 Å². The van der Waals surface area contributed by atoms with Crippen LogP contribution in [0.2, 0.25) is 0 Å². The second-order valence-electron chi connectivity index (χ2n) is 4.45. The van der Waals surface area contributed by atoms with Gasteiger partial charge in [0.15, 0.2) is 0 Å². The summed E-state index contributed by atoms with van der Waals surface area (Å²) in [5.41, 5.74) is 4.48. The molecule has 15 heavy (non-hydrogen) atoms. The summed E-state index contributed by atoms with van der Waals surface area (Å²) in [5, 5.41) is 0. The van der Waals surface area contributed by atoms with Crippen molar-refractivity contribution in [1.82, 2.24) is 0 Å². The second kappa shape index (κ2) is 4.48. The average Bonchev–Trinajstić information content (AvgIpc) is 2.24. The first-order valence-corrected chi connectivity index (χ1v) is 5.66. The smallest absolute Gasteiger partial charge is 0.00455 e. The Bertz CT molecular complexity index is 382. The Balaban J connectivity index is 2.08. The maximum atomic E-state index is 2.40. The van der Waals surface area contributed by atoms with E-state index in [2.05, 4.69) is 56.3 Å². The Labute approximate surface area is 92.3 Å². The Morgan fingerprint density at radius 2 is 1.93 bits per heavy atom. The molecule has 1 atom stereocenters. The summed E-state index contributed by atoms with van der Waals surface area (Å²) in [7, 11) is 0. The molecule has 1 unspecified atom stereocenters. The summed E-state index contributed by atoms with van der Waals surface area (Å²) in [6.07, 6.45) is 7.02. The van der Waals surface area contributed by atoms with Gasteiger partial charge in [-0.05, 0) is 31.2 Å². The molecule has 0 saturated heterocycles. The van der Waals surface area contributed by atoms with E-state index in [0.717, 1.165) is 12.8 Å². The summed E-state index contributed by atoms with van der Waals surface area (Å²) in [5.74, 6) is 0.610. The molecule has 0 aliphatic heterocycles. The van der Waals surface area contributed by atoms with Gasteiger partial charge in [-0.25, -0.2) is 0 Å². The highest BCUT2D eigenvalue weighted by molar-refractivity contribution is 5.29. The highest BCUT2D eigenvalue weighted by Crippen LogP contribution is 2.25. The molecular formula is C15H18. The van der Waals surface area contributed by atoms with Gasteiger partial charge in [-0.1, -0.05) is 60.6 Å². The van der Waals surface area contributed by atoms with Crippen LogP contribution in [0.3, 0.4) is 0 Å². The maximum Gasteiger partial charge on any atom is -0.00455 e. The van der Waals surface area contributed by atoms with Crippen LogP contribution in [-0.2, 0) is 6.42 Å². The molecule has 1 aromatic carbocycles. The second-order valence-corrected chi connectivity index (χ2v) is 4.45. The van der Waals surface area contributed by atoms with Crippen LogP contribution < -0.4 is 0 Å². The molecule has 1 aliphatic rings. The third-order valence-corrected chi connectivity index (χ3v) is 3.06. The molecule has 0 bridgehead atoms. The molecule has 0 spiro atoms. The van der Waals surface area contributed by atoms with Crippen LogP contribution in [0.1, 0.15) is 25.8 Å². The monoisotopic (exact) mass is 198 g/mol. The van der Waals surface area contributed by atoms with E-state index in [9.17, 15) is 0 Å². The van der Waals surface area contributed by atoms with E-state index in [1.807, 2.05) is 0 Å². The highest BCUT2D eigenvalue weighted by atomic mass is 14.2. The van der Waals surface area contributed by atoms with E-state index in [1.165, 1.54) is 11.1 Å². The van der Waals surface area contributed by atoms with Gasteiger partial charge in [0, 0.05) is 0 Å². The van der Waals surface area contributed by atoms with Crippen LogP contribution in [0, 0.1) is 5.92 Å². The number of allylic oxidation sites excluding steroid dienone is 4. The van der Waals surface area contributed by atoms with Crippen molar-refractivity contribution in [3.05, 3.63) is 59.2 Å². The van der Waals surface area contributed by atoms with E-state index in [0.29, 0.717) is 5.92 Å². The standard InChI is InChI=1S/C15H18/c1-12-8-9-15(13(2)10-12)11-14-6-4-3-5-7-14/h3-7,9-10,13H,8,11H2,1-2H3. The molecule has 0 N–H and O–H groups in total. The van der Waals surface area contributed by atoms with E-state index in [1.54, 1.807) is 5.57 Å². The van der Waals surface area contributed by atoms with E-state index < -0.39 is 0 Å². The lowest BCUT2D eigenvalue weighted by atomic mass is 9.87. The minimum Gasteiger partial charge on any atom is -0.0804 e. The molecule has 1 aliphatic carbocycles. The Hall–Kier alpha value is -1.30. The van der Waals surface area contributed by atoms with Crippen molar-refractivity contribution in [3.8, 4) is 0 Å². The highest BCUT2D eigenvalue weighted by Gasteiger charge is 2.10. The lowest BCUT2D eigenvalue weighted by Gasteiger charge is -2.18. The Morgan fingerprint density at radius 3 is 2.60 bits per heavy atom. The van der Waals surface area contributed by atoms with Gasteiger partial charge in [-0.15, -0.1) is 0 Å². The summed E-state index contributed by atoms with van der Waals surface area (Å²) >= 11 is 0. The predicted molar refractivity (Wildman–Crippen MR) is 65.8 cm³/mol. The van der Waals surface area contributed by atoms with Gasteiger partial charge in [0.2, 0.25) is 0 Å². The van der Waals surface area contributed by atoms with Crippen LogP contribution in [0.4, 0.5) is 0 Å². The van der Waals surface area contributed by atoms with Gasteiger partial charge < -0.3 is 0 Å². The van der Waals surface area contributed by atoms with E-state index >= 15 is 0 Å². The van der Waals surface area contributed by atoms with E-state index in [4.69, 9.17) is 0 Å². The lowest BCUT2D eigenvalue weighted by Crippen LogP contribution is -2.04. The largest absolute Gasteiger partial charge is 0.0804 e. The molecule has 0 aromatic heterocycles. The molecule has 0 nitrogen and oxygen atoms in total. The maximum absolute atomic E-state index is 2.40. The minimum absolute atomic E-state index is 0.610. The molecule has 78 valence electrons. The summed E-state index contributed by atoms with van der Waals surface area (Å²) in [6.45, 7) is 4.50. The zero-order valence-corrected chi connectivity index (χ0v) is 9.53. The zero-order chi connectivity index (χ0) is 10.7. The molecular weight excluding hydrogens is 180 g/mol. The molecule has 0 fully saturated rings. The predicted octanol–water partition coefficient (Wildman–Crippen LogP) is 4.14. The average molecular weight is 198 g/mol. The van der Waals surface area contributed by atoms with Crippen LogP contribution in [-0.4, -0.2) is 0 Å². The summed E-state index contributed by atoms with van der Waals surface area (Å²) in [4.78, 5) is 0. The van der Waals surface area contributed by atoms with Crippen LogP contribution >= 0.6 is 0 Å². The number of rotatable bonds is 2. The van der Waals surface area contributed by atoms with E-state index in [-0.39, 0.29) is 0 Å². The number of hydrogen-bond acceptors (Lipinski definition) is 0. The molecule has 2 rings (SSSR count). The number of hydrogen-bond donors (Lipinski definition) is 0. The Kier molecular flexibility index (Phi) is 3.05. The van der Waals surface area contributed by atoms with Crippen LogP contribution in [0.25, 0.3) is 0 Å². The van der Waals surface area contributed by atoms with Crippen molar-refractivity contribution in [2.75, 3.05) is 0 Å². The molecule has 0 heteroatoms. The fourth-order valence-electron chi connectivity index (χ4n) is 2.14. The first kappa shape index (κ1) is 10.2. The normalized spacial score (nSPS) is 20.8. The summed E-state index contributed by atoms with van der Waals surface area (Å²) in [6, 6.07) is 10.7. The summed E-state index contributed by atoms with van der Waals surface area (Å²) < 4.78 is 0. The van der Waals surface area contributed by atoms with Gasteiger partial charge in [0.05, 0.1) is 0 Å². The van der Waals surface area contributed by atoms with Crippen molar-refractivity contribution in [1.29, 1.82) is 0 Å². The van der Waals surface area contributed by atoms with Crippen molar-refractivity contribution in [2.45, 2.75) is 26.7 Å². The Morgan fingerprint density at radius 1 is 1.20 bits per heavy atom. The third-order valence-electron chi connectivity index (χ3n) is 3.06. The molecule has 1 aromatic rings. The fraction of sp³-hybridized carbons (Fsp3) is 0.333. The zero-order valence-electron chi connectivity index (χ0n) is 9.53. The van der Waals surface area contributed by atoms with Crippen LogP contribution in [0.5, 0.6) is 0 Å². The minimum atomic E-state index is 0.610. The van der Waals surface area contributed by atoms with Gasteiger partial charge in [-0.3, -0.25) is 0 Å². The first-order valence-electron chi connectivity index (χ1n) is 5.66. The number of benzene rings is 1. The van der Waals surface area contributed by atoms with Gasteiger partial charge in [0.25, 0.3) is 0 Å². The van der Waals surface area contributed by atoms with Gasteiger partial charge in [0.1, 0.15) is 0 Å². The first-order chi connectivity index (χ1) is 7.25. The lowest BCUT2D eigenvalue weighted by molar-refractivity contribution is 0.782. The van der Waals surface area contributed by atoms with Gasteiger partial charge >= 0.3 is 0 Å².